The van der Waals surface area contributed by atoms with Gasteiger partial charge in [0.05, 0.1) is 18.0 Å². The third kappa shape index (κ3) is 2.92. The SMILES string of the molecule is CCOC(=O)c1c(C)nn(-c2ccc(C(F)(F)F)nn2)c1C. The van der Waals surface area contributed by atoms with Gasteiger partial charge in [-0.1, -0.05) is 0 Å². The molecule has 0 aliphatic carbocycles. The van der Waals surface area contributed by atoms with Gasteiger partial charge in [0.15, 0.2) is 11.5 Å². The number of aromatic nitrogens is 4. The molecule has 2 aromatic heterocycles. The number of carbonyl (C=O) groups is 1. The van der Waals surface area contributed by atoms with Gasteiger partial charge < -0.3 is 4.74 Å². The summed E-state index contributed by atoms with van der Waals surface area (Å²) >= 11 is 0. The molecule has 118 valence electrons. The molecule has 0 N–H and O–H groups in total. The van der Waals surface area contributed by atoms with E-state index in [9.17, 15) is 18.0 Å². The summed E-state index contributed by atoms with van der Waals surface area (Å²) in [4.78, 5) is 11.9. The Balaban J connectivity index is 2.42. The molecule has 0 saturated carbocycles. The average molecular weight is 314 g/mol. The summed E-state index contributed by atoms with van der Waals surface area (Å²) in [5.74, 6) is -0.451. The summed E-state index contributed by atoms with van der Waals surface area (Å²) in [6.07, 6.45) is -4.56. The minimum atomic E-state index is -4.56. The average Bonchev–Trinajstić information content (AvgIpc) is 2.73. The van der Waals surface area contributed by atoms with Crippen LogP contribution in [0.1, 0.15) is 34.4 Å². The maximum atomic E-state index is 12.5. The lowest BCUT2D eigenvalue weighted by molar-refractivity contribution is -0.141. The molecule has 0 radical (unpaired) electrons. The van der Waals surface area contributed by atoms with E-state index in [0.717, 1.165) is 12.1 Å². The molecule has 2 heterocycles. The third-order valence-electron chi connectivity index (χ3n) is 2.93. The van der Waals surface area contributed by atoms with Crippen LogP contribution in [0, 0.1) is 13.8 Å². The molecule has 0 aromatic carbocycles. The summed E-state index contributed by atoms with van der Waals surface area (Å²) < 4.78 is 43.6. The van der Waals surface area contributed by atoms with Crippen LogP contribution in [0.2, 0.25) is 0 Å². The van der Waals surface area contributed by atoms with Gasteiger partial charge in [-0.05, 0) is 32.9 Å². The number of hydrogen-bond acceptors (Lipinski definition) is 5. The minimum Gasteiger partial charge on any atom is -0.462 e. The van der Waals surface area contributed by atoms with Gasteiger partial charge in [-0.15, -0.1) is 10.2 Å². The molecule has 0 bridgehead atoms. The zero-order valence-electron chi connectivity index (χ0n) is 12.1. The predicted molar refractivity (Wildman–Crippen MR) is 69.6 cm³/mol. The Morgan fingerprint density at radius 1 is 1.27 bits per heavy atom. The van der Waals surface area contributed by atoms with Crippen molar-refractivity contribution < 1.29 is 22.7 Å². The maximum absolute atomic E-state index is 12.5. The van der Waals surface area contributed by atoms with E-state index in [2.05, 4.69) is 15.3 Å². The molecule has 0 aliphatic rings. The molecule has 0 amide bonds. The first-order chi connectivity index (χ1) is 10.3. The molecule has 0 aliphatic heterocycles. The van der Waals surface area contributed by atoms with E-state index in [1.807, 2.05) is 0 Å². The quantitative estimate of drug-likeness (QED) is 0.814. The van der Waals surface area contributed by atoms with Crippen molar-refractivity contribution in [3.63, 3.8) is 0 Å². The fraction of sp³-hybridized carbons (Fsp3) is 0.385. The standard InChI is InChI=1S/C13H13F3N4O2/c1-4-22-12(21)11-7(2)19-20(8(11)3)10-6-5-9(17-18-10)13(14,15)16/h5-6H,4H2,1-3H3. The topological polar surface area (TPSA) is 69.9 Å². The van der Waals surface area contributed by atoms with Crippen molar-refractivity contribution in [1.29, 1.82) is 0 Å². The number of alkyl halides is 3. The Kier molecular flexibility index (Phi) is 4.16. The fourth-order valence-electron chi connectivity index (χ4n) is 1.95. The predicted octanol–water partition coefficient (Wildman–Crippen LogP) is 2.47. The summed E-state index contributed by atoms with van der Waals surface area (Å²) in [5, 5.41) is 10.8. The van der Waals surface area contributed by atoms with E-state index in [1.165, 1.54) is 4.68 Å². The molecule has 0 spiro atoms. The van der Waals surface area contributed by atoms with Gasteiger partial charge in [0.1, 0.15) is 5.56 Å². The highest BCUT2D eigenvalue weighted by atomic mass is 19.4. The van der Waals surface area contributed by atoms with Crippen molar-refractivity contribution in [2.45, 2.75) is 26.9 Å². The molecular formula is C13H13F3N4O2. The van der Waals surface area contributed by atoms with E-state index < -0.39 is 17.8 Å². The van der Waals surface area contributed by atoms with Crippen LogP contribution in [-0.2, 0) is 10.9 Å². The number of carbonyl (C=O) groups excluding carboxylic acids is 1. The van der Waals surface area contributed by atoms with Gasteiger partial charge >= 0.3 is 12.1 Å². The lowest BCUT2D eigenvalue weighted by Gasteiger charge is -2.06. The zero-order valence-corrected chi connectivity index (χ0v) is 12.1. The number of ether oxygens (including phenoxy) is 1. The first-order valence-electron chi connectivity index (χ1n) is 6.40. The molecule has 2 rings (SSSR count). The largest absolute Gasteiger partial charge is 0.462 e. The highest BCUT2D eigenvalue weighted by Gasteiger charge is 2.33. The highest BCUT2D eigenvalue weighted by molar-refractivity contribution is 5.92. The summed E-state index contributed by atoms with van der Waals surface area (Å²) in [6, 6.07) is 1.95. The van der Waals surface area contributed by atoms with Crippen LogP contribution in [0.5, 0.6) is 0 Å². The van der Waals surface area contributed by atoms with Gasteiger partial charge in [0.25, 0.3) is 0 Å². The second kappa shape index (κ2) is 5.74. The maximum Gasteiger partial charge on any atom is 0.435 e. The van der Waals surface area contributed by atoms with Gasteiger partial charge in [-0.3, -0.25) is 0 Å². The van der Waals surface area contributed by atoms with Crippen molar-refractivity contribution in [2.24, 2.45) is 0 Å². The minimum absolute atomic E-state index is 0.0872. The molecule has 6 nitrogen and oxygen atoms in total. The molecule has 22 heavy (non-hydrogen) atoms. The normalized spacial score (nSPS) is 11.5. The Hall–Kier alpha value is -2.45. The second-order valence-corrected chi connectivity index (χ2v) is 4.45. The first kappa shape index (κ1) is 15.9. The molecule has 0 atom stereocenters. The number of rotatable bonds is 3. The smallest absolute Gasteiger partial charge is 0.435 e. The van der Waals surface area contributed by atoms with Crippen molar-refractivity contribution in [1.82, 2.24) is 20.0 Å². The van der Waals surface area contributed by atoms with Crippen molar-refractivity contribution in [2.75, 3.05) is 6.61 Å². The molecule has 0 saturated heterocycles. The van der Waals surface area contributed by atoms with Crippen LogP contribution in [0.4, 0.5) is 13.2 Å². The summed E-state index contributed by atoms with van der Waals surface area (Å²) in [5.41, 5.74) is -0.00500. The van der Waals surface area contributed by atoms with Crippen molar-refractivity contribution >= 4 is 5.97 Å². The Labute approximate surface area is 123 Å². The lowest BCUT2D eigenvalue weighted by atomic mass is 10.2. The van der Waals surface area contributed by atoms with Gasteiger partial charge in [-0.2, -0.15) is 18.3 Å². The number of halogens is 3. The Morgan fingerprint density at radius 2 is 1.95 bits per heavy atom. The van der Waals surface area contributed by atoms with E-state index >= 15 is 0 Å². The van der Waals surface area contributed by atoms with Crippen LogP contribution in [0.15, 0.2) is 12.1 Å². The number of hydrogen-bond donors (Lipinski definition) is 0. The number of esters is 1. The van der Waals surface area contributed by atoms with Gasteiger partial charge in [0, 0.05) is 0 Å². The molecule has 9 heteroatoms. The van der Waals surface area contributed by atoms with Crippen molar-refractivity contribution in [3.8, 4) is 5.82 Å². The zero-order chi connectivity index (χ0) is 16.5. The molecule has 0 unspecified atom stereocenters. The highest BCUT2D eigenvalue weighted by Crippen LogP contribution is 2.27. The first-order valence-corrected chi connectivity index (χ1v) is 6.40. The van der Waals surface area contributed by atoms with Crippen LogP contribution < -0.4 is 0 Å². The van der Waals surface area contributed by atoms with E-state index in [4.69, 9.17) is 4.74 Å². The Bertz CT molecular complexity index is 693. The second-order valence-electron chi connectivity index (χ2n) is 4.45. The van der Waals surface area contributed by atoms with Crippen molar-refractivity contribution in [3.05, 3.63) is 34.8 Å². The van der Waals surface area contributed by atoms with E-state index in [-0.39, 0.29) is 18.0 Å². The van der Waals surface area contributed by atoms with E-state index in [0.29, 0.717) is 11.4 Å². The number of aryl methyl sites for hydroxylation is 1. The summed E-state index contributed by atoms with van der Waals surface area (Å²) in [6.45, 7) is 5.09. The number of nitrogens with zero attached hydrogens (tertiary/aromatic N) is 4. The van der Waals surface area contributed by atoms with Crippen LogP contribution in [0.25, 0.3) is 5.82 Å². The molecule has 0 fully saturated rings. The van der Waals surface area contributed by atoms with Crippen LogP contribution in [0.3, 0.4) is 0 Å². The van der Waals surface area contributed by atoms with Gasteiger partial charge in [-0.25, -0.2) is 9.48 Å². The molecule has 2 aromatic rings. The summed E-state index contributed by atoms with van der Waals surface area (Å²) in [7, 11) is 0. The Morgan fingerprint density at radius 3 is 2.45 bits per heavy atom. The van der Waals surface area contributed by atoms with Crippen LogP contribution >= 0.6 is 0 Å². The monoisotopic (exact) mass is 314 g/mol. The lowest BCUT2D eigenvalue weighted by Crippen LogP contribution is -2.12. The van der Waals surface area contributed by atoms with E-state index in [1.54, 1.807) is 20.8 Å². The molecular weight excluding hydrogens is 301 g/mol. The fourth-order valence-corrected chi connectivity index (χ4v) is 1.95. The van der Waals surface area contributed by atoms with Gasteiger partial charge in [0.2, 0.25) is 0 Å². The third-order valence-corrected chi connectivity index (χ3v) is 2.93. The van der Waals surface area contributed by atoms with Crippen LogP contribution in [-0.4, -0.2) is 32.6 Å².